The van der Waals surface area contributed by atoms with Crippen molar-refractivity contribution in [2.75, 3.05) is 4.90 Å². The van der Waals surface area contributed by atoms with Gasteiger partial charge in [-0.1, -0.05) is 118 Å². The molecule has 1 aliphatic heterocycles. The van der Waals surface area contributed by atoms with E-state index in [-0.39, 0.29) is 16.2 Å². The van der Waals surface area contributed by atoms with Crippen LogP contribution in [0.2, 0.25) is 0 Å². The molecular formula is C47H47NS. The molecule has 0 N–H and O–H groups in total. The van der Waals surface area contributed by atoms with E-state index in [1.54, 1.807) is 11.1 Å². The third-order valence-corrected chi connectivity index (χ3v) is 14.9. The standard InChI is InChI=1S/C47H47NS/c1-45(2)23-24-46(3,4)44-37(45)17-12-19-41(44)48(40-18-10-8-15-35(40)31-13-6-5-7-14-31)34-21-22-43-39(29-34)47(36-16-9-11-20-42(36)49-43)33-26-30-25-32(28-33)38(47)27-30/h5-22,29-30,32-33,38H,23-28H2,1-4H3. The first-order valence-corrected chi connectivity index (χ1v) is 19.6. The molecule has 0 saturated heterocycles. The Balaban J connectivity index is 1.25. The Bertz CT molecular complexity index is 2100. The molecule has 4 fully saturated rings. The minimum Gasteiger partial charge on any atom is -0.310 e. The fourth-order valence-electron chi connectivity index (χ4n) is 11.7. The zero-order valence-corrected chi connectivity index (χ0v) is 30.2. The first-order chi connectivity index (χ1) is 23.8. The number of hydrogen-bond donors (Lipinski definition) is 0. The molecule has 1 spiro atoms. The summed E-state index contributed by atoms with van der Waals surface area (Å²) in [5, 5.41) is 0. The Kier molecular flexibility index (Phi) is 6.53. The van der Waals surface area contributed by atoms with Crippen molar-refractivity contribution in [1.29, 1.82) is 0 Å². The number of para-hydroxylation sites is 1. The quantitative estimate of drug-likeness (QED) is 0.189. The largest absolute Gasteiger partial charge is 0.310 e. The van der Waals surface area contributed by atoms with E-state index in [1.807, 2.05) is 11.8 Å². The van der Waals surface area contributed by atoms with Gasteiger partial charge >= 0.3 is 0 Å². The summed E-state index contributed by atoms with van der Waals surface area (Å²) in [4.78, 5) is 5.63. The van der Waals surface area contributed by atoms with Crippen molar-refractivity contribution < 1.29 is 0 Å². The molecule has 1 heterocycles. The van der Waals surface area contributed by atoms with Crippen LogP contribution in [-0.4, -0.2) is 0 Å². The van der Waals surface area contributed by atoms with Crippen LogP contribution in [0.15, 0.2) is 125 Å². The second-order valence-corrected chi connectivity index (χ2v) is 18.3. The maximum atomic E-state index is 2.68. The second-order valence-electron chi connectivity index (χ2n) is 17.2. The van der Waals surface area contributed by atoms with Gasteiger partial charge in [0.15, 0.2) is 0 Å². The predicted molar refractivity (Wildman–Crippen MR) is 206 cm³/mol. The van der Waals surface area contributed by atoms with E-state index in [0.717, 1.165) is 23.7 Å². The number of fused-ring (bicyclic) bond motifs is 3. The van der Waals surface area contributed by atoms with Gasteiger partial charge in [-0.15, -0.1) is 0 Å². The maximum Gasteiger partial charge on any atom is 0.0540 e. The van der Waals surface area contributed by atoms with E-state index in [4.69, 9.17) is 0 Å². The molecule has 0 amide bonds. The SMILES string of the molecule is CC1(C)CCC(C)(C)c2c(N(c3ccc4c(c3)C3(c5ccccc5S4)C4CC5CC(C4)C3C5)c3ccccc3-c3ccccc3)cccc21. The van der Waals surface area contributed by atoms with Gasteiger partial charge in [0.25, 0.3) is 0 Å². The van der Waals surface area contributed by atoms with Crippen molar-refractivity contribution in [2.24, 2.45) is 23.7 Å². The first kappa shape index (κ1) is 30.1. The summed E-state index contributed by atoms with van der Waals surface area (Å²) in [5.74, 6) is 3.29. The van der Waals surface area contributed by atoms with Crippen molar-refractivity contribution in [1.82, 2.24) is 0 Å². The second kappa shape index (κ2) is 10.6. The van der Waals surface area contributed by atoms with Crippen molar-refractivity contribution in [2.45, 2.75) is 92.3 Å². The summed E-state index contributed by atoms with van der Waals surface area (Å²) in [7, 11) is 0. The van der Waals surface area contributed by atoms with Crippen LogP contribution in [0, 0.1) is 23.7 Å². The number of nitrogens with zero attached hydrogens (tertiary/aromatic N) is 1. The highest BCUT2D eigenvalue weighted by molar-refractivity contribution is 7.99. The highest BCUT2D eigenvalue weighted by atomic mass is 32.2. The molecule has 11 rings (SSSR count). The molecule has 246 valence electrons. The molecule has 49 heavy (non-hydrogen) atoms. The minimum absolute atomic E-state index is 0.0646. The molecule has 5 aliphatic carbocycles. The van der Waals surface area contributed by atoms with Gasteiger partial charge in [0.05, 0.1) is 11.4 Å². The van der Waals surface area contributed by atoms with Crippen LogP contribution >= 0.6 is 11.8 Å². The average Bonchev–Trinajstić information content (AvgIpc) is 3.53. The molecule has 6 aliphatic rings. The van der Waals surface area contributed by atoms with Gasteiger partial charge < -0.3 is 4.90 Å². The normalized spacial score (nSPS) is 27.8. The predicted octanol–water partition coefficient (Wildman–Crippen LogP) is 13.0. The van der Waals surface area contributed by atoms with Crippen molar-refractivity contribution in [3.05, 3.63) is 138 Å². The fourth-order valence-corrected chi connectivity index (χ4v) is 12.9. The Morgan fingerprint density at radius 1 is 0.592 bits per heavy atom. The van der Waals surface area contributed by atoms with Crippen LogP contribution in [0.1, 0.15) is 88.5 Å². The summed E-state index contributed by atoms with van der Waals surface area (Å²) >= 11 is 2.01. The van der Waals surface area contributed by atoms with E-state index < -0.39 is 0 Å². The summed E-state index contributed by atoms with van der Waals surface area (Å²) in [5.41, 5.74) is 13.0. The van der Waals surface area contributed by atoms with E-state index in [1.165, 1.54) is 87.6 Å². The highest BCUT2D eigenvalue weighted by Gasteiger charge is 2.65. The summed E-state index contributed by atoms with van der Waals surface area (Å²) in [6.45, 7) is 9.86. The zero-order valence-electron chi connectivity index (χ0n) is 29.4. The van der Waals surface area contributed by atoms with Crippen LogP contribution in [0.5, 0.6) is 0 Å². The van der Waals surface area contributed by atoms with E-state index in [2.05, 4.69) is 148 Å². The van der Waals surface area contributed by atoms with Crippen molar-refractivity contribution in [3.63, 3.8) is 0 Å². The molecule has 4 saturated carbocycles. The van der Waals surface area contributed by atoms with Crippen molar-refractivity contribution in [3.8, 4) is 11.1 Å². The number of rotatable bonds is 4. The third-order valence-electron chi connectivity index (χ3n) is 13.7. The third kappa shape index (κ3) is 4.25. The molecular weight excluding hydrogens is 611 g/mol. The van der Waals surface area contributed by atoms with Crippen LogP contribution < -0.4 is 4.90 Å². The van der Waals surface area contributed by atoms with E-state index in [9.17, 15) is 0 Å². The molecule has 2 heteroatoms. The Hall–Kier alpha value is -3.75. The highest BCUT2D eigenvalue weighted by Crippen LogP contribution is 2.72. The molecule has 0 radical (unpaired) electrons. The molecule has 5 aromatic rings. The Morgan fingerprint density at radius 2 is 1.31 bits per heavy atom. The monoisotopic (exact) mass is 657 g/mol. The molecule has 1 nitrogen and oxygen atoms in total. The van der Waals surface area contributed by atoms with Gasteiger partial charge in [-0.25, -0.2) is 0 Å². The topological polar surface area (TPSA) is 3.24 Å². The maximum absolute atomic E-state index is 2.68. The van der Waals surface area contributed by atoms with Crippen LogP contribution in [0.3, 0.4) is 0 Å². The van der Waals surface area contributed by atoms with Crippen LogP contribution in [0.4, 0.5) is 17.1 Å². The summed E-state index contributed by atoms with van der Waals surface area (Å²) < 4.78 is 0. The smallest absolute Gasteiger partial charge is 0.0540 e. The molecule has 5 aromatic carbocycles. The van der Waals surface area contributed by atoms with Crippen LogP contribution in [-0.2, 0) is 16.2 Å². The van der Waals surface area contributed by atoms with Gasteiger partial charge in [0.2, 0.25) is 0 Å². The molecule has 4 bridgehead atoms. The van der Waals surface area contributed by atoms with Crippen LogP contribution in [0.25, 0.3) is 11.1 Å². The van der Waals surface area contributed by atoms with Gasteiger partial charge in [-0.3, -0.25) is 0 Å². The lowest BCUT2D eigenvalue weighted by Gasteiger charge is -2.49. The minimum atomic E-state index is 0.0646. The lowest BCUT2D eigenvalue weighted by atomic mass is 9.57. The van der Waals surface area contributed by atoms with Gasteiger partial charge in [-0.2, -0.15) is 0 Å². The van der Waals surface area contributed by atoms with Gasteiger partial charge in [-0.05, 0) is 137 Å². The van der Waals surface area contributed by atoms with Crippen molar-refractivity contribution >= 4 is 28.8 Å². The average molecular weight is 658 g/mol. The van der Waals surface area contributed by atoms with Gasteiger partial charge in [0, 0.05) is 26.5 Å². The number of hydrogen-bond acceptors (Lipinski definition) is 2. The van der Waals surface area contributed by atoms with E-state index >= 15 is 0 Å². The Labute approximate surface area is 297 Å². The lowest BCUT2D eigenvalue weighted by molar-refractivity contribution is 0.181. The molecule has 5 unspecified atom stereocenters. The zero-order chi connectivity index (χ0) is 33.1. The van der Waals surface area contributed by atoms with Gasteiger partial charge in [0.1, 0.15) is 0 Å². The molecule has 5 atom stereocenters. The Morgan fingerprint density at radius 3 is 2.16 bits per heavy atom. The first-order valence-electron chi connectivity index (χ1n) is 18.8. The number of anilines is 3. The lowest BCUT2D eigenvalue weighted by Crippen LogP contribution is -2.44. The molecule has 0 aromatic heterocycles. The fraction of sp³-hybridized carbons (Fsp3) is 0.362. The summed E-state index contributed by atoms with van der Waals surface area (Å²) in [6.07, 6.45) is 8.04. The summed E-state index contributed by atoms with van der Waals surface area (Å²) in [6, 6.07) is 44.4. The van der Waals surface area contributed by atoms with E-state index in [0.29, 0.717) is 0 Å². The number of benzene rings is 5.